The number of non-ortho nitro benzene ring substituents is 1. The van der Waals surface area contributed by atoms with Crippen molar-refractivity contribution in [3.63, 3.8) is 0 Å². The van der Waals surface area contributed by atoms with E-state index in [4.69, 9.17) is 21.4 Å². The molecule has 0 unspecified atom stereocenters. The van der Waals surface area contributed by atoms with Gasteiger partial charge < -0.3 is 9.84 Å². The molecule has 0 saturated heterocycles. The molecule has 21 heavy (non-hydrogen) atoms. The Morgan fingerprint density at radius 3 is 2.52 bits per heavy atom. The van der Waals surface area contributed by atoms with Crippen LogP contribution in [-0.4, -0.2) is 16.0 Å². The Morgan fingerprint density at radius 2 is 1.95 bits per heavy atom. The Kier molecular flexibility index (Phi) is 4.04. The smallest absolute Gasteiger partial charge is 0.339 e. The van der Waals surface area contributed by atoms with Crippen molar-refractivity contribution in [1.29, 1.82) is 0 Å². The summed E-state index contributed by atoms with van der Waals surface area (Å²) in [5, 5.41) is 19.5. The number of nitro groups is 1. The SMILES string of the molecule is O=C(O)c1ccc(F)cc1Oc1ccc([N+](=O)[O-])cc1Cl. The van der Waals surface area contributed by atoms with E-state index in [1.165, 1.54) is 6.07 Å². The lowest BCUT2D eigenvalue weighted by Gasteiger charge is -2.10. The van der Waals surface area contributed by atoms with Crippen LogP contribution in [0.5, 0.6) is 11.5 Å². The molecule has 0 aliphatic carbocycles. The summed E-state index contributed by atoms with van der Waals surface area (Å²) in [4.78, 5) is 21.0. The molecule has 0 aliphatic rings. The van der Waals surface area contributed by atoms with Gasteiger partial charge in [0.05, 0.1) is 9.95 Å². The molecule has 0 heterocycles. The van der Waals surface area contributed by atoms with Crippen molar-refractivity contribution in [1.82, 2.24) is 0 Å². The predicted molar refractivity (Wildman–Crippen MR) is 71.5 cm³/mol. The van der Waals surface area contributed by atoms with Crippen molar-refractivity contribution in [2.45, 2.75) is 0 Å². The van der Waals surface area contributed by atoms with Crippen LogP contribution < -0.4 is 4.74 Å². The highest BCUT2D eigenvalue weighted by Crippen LogP contribution is 2.34. The van der Waals surface area contributed by atoms with Gasteiger partial charge in [-0.15, -0.1) is 0 Å². The molecule has 0 aliphatic heterocycles. The monoisotopic (exact) mass is 311 g/mol. The second-order valence-electron chi connectivity index (χ2n) is 3.92. The fraction of sp³-hybridized carbons (Fsp3) is 0. The fourth-order valence-corrected chi connectivity index (χ4v) is 1.78. The van der Waals surface area contributed by atoms with Gasteiger partial charge >= 0.3 is 5.97 Å². The van der Waals surface area contributed by atoms with Gasteiger partial charge in [0.1, 0.15) is 22.9 Å². The van der Waals surface area contributed by atoms with E-state index in [0.717, 1.165) is 30.3 Å². The van der Waals surface area contributed by atoms with Crippen LogP contribution in [0.2, 0.25) is 5.02 Å². The van der Waals surface area contributed by atoms with Gasteiger partial charge in [0, 0.05) is 18.2 Å². The average molecular weight is 312 g/mol. The molecule has 0 radical (unpaired) electrons. The molecule has 6 nitrogen and oxygen atoms in total. The zero-order valence-corrected chi connectivity index (χ0v) is 11.0. The summed E-state index contributed by atoms with van der Waals surface area (Å²) in [6.45, 7) is 0. The Morgan fingerprint density at radius 1 is 1.24 bits per heavy atom. The minimum absolute atomic E-state index is 0.0182. The molecule has 2 aromatic carbocycles. The molecular weight excluding hydrogens is 305 g/mol. The first kappa shape index (κ1) is 14.7. The number of nitro benzene ring substituents is 1. The van der Waals surface area contributed by atoms with Crippen LogP contribution in [-0.2, 0) is 0 Å². The van der Waals surface area contributed by atoms with Gasteiger partial charge in [-0.2, -0.15) is 0 Å². The summed E-state index contributed by atoms with van der Waals surface area (Å²) in [5.41, 5.74) is -0.504. The summed E-state index contributed by atoms with van der Waals surface area (Å²) >= 11 is 5.82. The van der Waals surface area contributed by atoms with E-state index in [-0.39, 0.29) is 27.8 Å². The molecular formula is C13H7ClFNO5. The maximum atomic E-state index is 13.2. The van der Waals surface area contributed by atoms with Crippen molar-refractivity contribution in [2.24, 2.45) is 0 Å². The van der Waals surface area contributed by atoms with E-state index in [1.807, 2.05) is 0 Å². The molecule has 0 spiro atoms. The summed E-state index contributed by atoms with van der Waals surface area (Å²) in [6.07, 6.45) is 0. The number of carboxylic acids is 1. The lowest BCUT2D eigenvalue weighted by Crippen LogP contribution is -2.01. The highest BCUT2D eigenvalue weighted by Gasteiger charge is 2.16. The van der Waals surface area contributed by atoms with Gasteiger partial charge in [0.25, 0.3) is 5.69 Å². The first-order valence-corrected chi connectivity index (χ1v) is 5.91. The normalized spacial score (nSPS) is 10.2. The third-order valence-electron chi connectivity index (χ3n) is 2.52. The van der Waals surface area contributed by atoms with Gasteiger partial charge in [-0.25, -0.2) is 9.18 Å². The second kappa shape index (κ2) is 5.76. The van der Waals surface area contributed by atoms with E-state index in [1.54, 1.807) is 0 Å². The third-order valence-corrected chi connectivity index (χ3v) is 2.82. The number of aromatic carboxylic acids is 1. The quantitative estimate of drug-likeness (QED) is 0.683. The van der Waals surface area contributed by atoms with Gasteiger partial charge in [-0.05, 0) is 18.2 Å². The number of carbonyl (C=O) groups is 1. The standard InChI is InChI=1S/C13H7ClFNO5/c14-10-6-8(16(19)20)2-4-11(10)21-12-5-7(15)1-3-9(12)13(17)18/h1-6H,(H,17,18). The molecule has 0 atom stereocenters. The summed E-state index contributed by atoms with van der Waals surface area (Å²) in [6, 6.07) is 6.32. The van der Waals surface area contributed by atoms with Crippen LogP contribution in [0.1, 0.15) is 10.4 Å². The second-order valence-corrected chi connectivity index (χ2v) is 4.33. The van der Waals surface area contributed by atoms with Crippen LogP contribution in [0.25, 0.3) is 0 Å². The molecule has 0 bridgehead atoms. The first-order valence-electron chi connectivity index (χ1n) is 5.53. The Labute approximate surface area is 122 Å². The fourth-order valence-electron chi connectivity index (χ4n) is 1.56. The maximum Gasteiger partial charge on any atom is 0.339 e. The lowest BCUT2D eigenvalue weighted by atomic mass is 10.2. The summed E-state index contributed by atoms with van der Waals surface area (Å²) in [5.74, 6) is -2.26. The molecule has 0 saturated carbocycles. The van der Waals surface area contributed by atoms with Crippen LogP contribution in [0.15, 0.2) is 36.4 Å². The molecule has 2 aromatic rings. The van der Waals surface area contributed by atoms with Crippen molar-refractivity contribution in [3.8, 4) is 11.5 Å². The van der Waals surface area contributed by atoms with E-state index in [9.17, 15) is 19.3 Å². The number of halogens is 2. The Bertz CT molecular complexity index is 734. The molecule has 1 N–H and O–H groups in total. The minimum Gasteiger partial charge on any atom is -0.478 e. The number of hydrogen-bond acceptors (Lipinski definition) is 4. The zero-order chi connectivity index (χ0) is 15.6. The van der Waals surface area contributed by atoms with Gasteiger partial charge in [-0.3, -0.25) is 10.1 Å². The molecule has 2 rings (SSSR count). The number of benzene rings is 2. The Balaban J connectivity index is 2.40. The Hall–Kier alpha value is -2.67. The number of ether oxygens (including phenoxy) is 1. The number of hydrogen-bond donors (Lipinski definition) is 1. The highest BCUT2D eigenvalue weighted by atomic mass is 35.5. The average Bonchev–Trinajstić information content (AvgIpc) is 2.40. The number of rotatable bonds is 4. The summed E-state index contributed by atoms with van der Waals surface area (Å²) in [7, 11) is 0. The van der Waals surface area contributed by atoms with E-state index in [2.05, 4.69) is 0 Å². The molecule has 0 aromatic heterocycles. The number of carboxylic acid groups (broad SMARTS) is 1. The van der Waals surface area contributed by atoms with Crippen molar-refractivity contribution in [2.75, 3.05) is 0 Å². The maximum absolute atomic E-state index is 13.2. The summed E-state index contributed by atoms with van der Waals surface area (Å²) < 4.78 is 18.4. The lowest BCUT2D eigenvalue weighted by molar-refractivity contribution is -0.384. The largest absolute Gasteiger partial charge is 0.478 e. The van der Waals surface area contributed by atoms with Crippen LogP contribution >= 0.6 is 11.6 Å². The predicted octanol–water partition coefficient (Wildman–Crippen LogP) is 3.88. The van der Waals surface area contributed by atoms with Gasteiger partial charge in [0.15, 0.2) is 0 Å². The van der Waals surface area contributed by atoms with Crippen molar-refractivity contribution in [3.05, 3.63) is 62.9 Å². The van der Waals surface area contributed by atoms with Crippen LogP contribution in [0.4, 0.5) is 10.1 Å². The zero-order valence-electron chi connectivity index (χ0n) is 10.2. The van der Waals surface area contributed by atoms with E-state index < -0.39 is 16.7 Å². The van der Waals surface area contributed by atoms with Gasteiger partial charge in [0.2, 0.25) is 0 Å². The molecule has 8 heteroatoms. The molecule has 0 amide bonds. The third kappa shape index (κ3) is 3.26. The molecule has 0 fully saturated rings. The minimum atomic E-state index is -1.30. The van der Waals surface area contributed by atoms with Crippen LogP contribution in [0.3, 0.4) is 0 Å². The van der Waals surface area contributed by atoms with Gasteiger partial charge in [-0.1, -0.05) is 11.6 Å². The van der Waals surface area contributed by atoms with E-state index >= 15 is 0 Å². The first-order chi connectivity index (χ1) is 9.88. The van der Waals surface area contributed by atoms with Crippen molar-refractivity contribution >= 4 is 23.3 Å². The van der Waals surface area contributed by atoms with Crippen molar-refractivity contribution < 1.29 is 24.0 Å². The topological polar surface area (TPSA) is 89.7 Å². The van der Waals surface area contributed by atoms with E-state index in [0.29, 0.717) is 0 Å². The highest BCUT2D eigenvalue weighted by molar-refractivity contribution is 6.32. The molecule has 108 valence electrons. The number of nitrogens with zero attached hydrogens (tertiary/aromatic N) is 1. The van der Waals surface area contributed by atoms with Crippen LogP contribution in [0, 0.1) is 15.9 Å².